The van der Waals surface area contributed by atoms with Gasteiger partial charge in [0.05, 0.1) is 11.3 Å². The van der Waals surface area contributed by atoms with Gasteiger partial charge in [-0.05, 0) is 6.07 Å². The van der Waals surface area contributed by atoms with Crippen molar-refractivity contribution in [2.24, 2.45) is 5.84 Å². The maximum Gasteiger partial charge on any atom is 0.238 e. The second kappa shape index (κ2) is 5.72. The largest absolute Gasteiger partial charge is 0.292 e. The number of nitrogen functional groups attached to an aromatic ring is 1. The van der Waals surface area contributed by atoms with E-state index in [0.29, 0.717) is 11.7 Å². The Labute approximate surface area is 115 Å². The van der Waals surface area contributed by atoms with Gasteiger partial charge in [-0.15, -0.1) is 11.8 Å². The molecule has 0 amide bonds. The zero-order chi connectivity index (χ0) is 13.9. The number of para-hydroxylation sites is 1. The van der Waals surface area contributed by atoms with Crippen LogP contribution in [-0.4, -0.2) is 36.1 Å². The minimum Gasteiger partial charge on any atom is -0.292 e. The van der Waals surface area contributed by atoms with Gasteiger partial charge in [0.25, 0.3) is 0 Å². The minimum absolute atomic E-state index is 0.112. The molecular weight excluding hydrogens is 284 g/mol. The van der Waals surface area contributed by atoms with E-state index in [4.69, 9.17) is 5.84 Å². The minimum atomic E-state index is -2.97. The Kier molecular flexibility index (Phi) is 4.23. The molecule has 2 rings (SSSR count). The van der Waals surface area contributed by atoms with Crippen LogP contribution in [0.15, 0.2) is 29.3 Å². The van der Waals surface area contributed by atoms with E-state index in [1.165, 1.54) is 18.0 Å². The molecule has 0 bridgehead atoms. The van der Waals surface area contributed by atoms with Crippen molar-refractivity contribution in [3.8, 4) is 0 Å². The molecule has 0 aliphatic heterocycles. The Balaban J connectivity index is 2.30. The second-order valence-electron chi connectivity index (χ2n) is 3.99. The molecule has 3 N–H and O–H groups in total. The Bertz CT molecular complexity index is 688. The molecule has 1 aromatic heterocycles. The summed E-state index contributed by atoms with van der Waals surface area (Å²) in [5.41, 5.74) is 3.18. The second-order valence-corrected chi connectivity index (χ2v) is 7.34. The summed E-state index contributed by atoms with van der Waals surface area (Å²) in [6, 6.07) is 7.53. The smallest absolute Gasteiger partial charge is 0.238 e. The lowest BCUT2D eigenvalue weighted by atomic mass is 10.2. The highest BCUT2D eigenvalue weighted by atomic mass is 32.2. The van der Waals surface area contributed by atoms with Crippen LogP contribution in [-0.2, 0) is 9.84 Å². The molecule has 2 aromatic rings. The van der Waals surface area contributed by atoms with E-state index in [1.807, 2.05) is 24.3 Å². The molecule has 0 fully saturated rings. The van der Waals surface area contributed by atoms with Crippen LogP contribution in [0.3, 0.4) is 0 Å². The van der Waals surface area contributed by atoms with E-state index in [-0.39, 0.29) is 5.75 Å². The summed E-state index contributed by atoms with van der Waals surface area (Å²) in [6.07, 6.45) is 1.22. The lowest BCUT2D eigenvalue weighted by Crippen LogP contribution is -2.11. The van der Waals surface area contributed by atoms with E-state index in [0.717, 1.165) is 15.9 Å². The molecule has 0 saturated heterocycles. The quantitative estimate of drug-likeness (QED) is 0.368. The van der Waals surface area contributed by atoms with E-state index in [1.54, 1.807) is 0 Å². The number of benzene rings is 1. The van der Waals surface area contributed by atoms with Gasteiger partial charge < -0.3 is 0 Å². The summed E-state index contributed by atoms with van der Waals surface area (Å²) < 4.78 is 22.3. The Hall–Kier alpha value is -1.38. The molecule has 0 unspecified atom stereocenters. The van der Waals surface area contributed by atoms with Crippen LogP contribution in [0, 0.1) is 0 Å². The van der Waals surface area contributed by atoms with Crippen LogP contribution in [0.1, 0.15) is 0 Å². The molecule has 8 heteroatoms. The fourth-order valence-electron chi connectivity index (χ4n) is 1.51. The summed E-state index contributed by atoms with van der Waals surface area (Å²) in [6.45, 7) is 0. The van der Waals surface area contributed by atoms with E-state index < -0.39 is 9.84 Å². The number of nitrogens with one attached hydrogen (secondary N) is 1. The fourth-order valence-corrected chi connectivity index (χ4v) is 3.73. The first-order valence-electron chi connectivity index (χ1n) is 5.53. The molecule has 0 aliphatic carbocycles. The van der Waals surface area contributed by atoms with Crippen molar-refractivity contribution in [2.45, 2.75) is 5.03 Å². The third-order valence-electron chi connectivity index (χ3n) is 2.39. The summed E-state index contributed by atoms with van der Waals surface area (Å²) >= 11 is 1.38. The van der Waals surface area contributed by atoms with Gasteiger partial charge in [-0.25, -0.2) is 24.2 Å². The van der Waals surface area contributed by atoms with Crippen molar-refractivity contribution in [3.63, 3.8) is 0 Å². The topological polar surface area (TPSA) is 98.0 Å². The maximum absolute atomic E-state index is 11.1. The van der Waals surface area contributed by atoms with Crippen molar-refractivity contribution in [1.29, 1.82) is 0 Å². The van der Waals surface area contributed by atoms with E-state index in [9.17, 15) is 8.42 Å². The molecule has 0 saturated carbocycles. The number of hydrazine groups is 1. The highest BCUT2D eigenvalue weighted by Crippen LogP contribution is 2.26. The van der Waals surface area contributed by atoms with Crippen LogP contribution in [0.4, 0.5) is 5.95 Å². The Morgan fingerprint density at radius 2 is 2.05 bits per heavy atom. The van der Waals surface area contributed by atoms with Gasteiger partial charge in [0.1, 0.15) is 14.9 Å². The lowest BCUT2D eigenvalue weighted by Gasteiger charge is -2.07. The first-order chi connectivity index (χ1) is 8.99. The maximum atomic E-state index is 11.1. The standard InChI is InChI=1S/C11H14N4O2S2/c1-19(16,17)7-6-18-10-8-4-2-3-5-9(8)13-11(14-10)15-12/h2-5H,6-7,12H2,1H3,(H,13,14,15). The molecule has 0 radical (unpaired) electrons. The number of rotatable bonds is 5. The Morgan fingerprint density at radius 3 is 2.74 bits per heavy atom. The first kappa shape index (κ1) is 14.0. The predicted molar refractivity (Wildman–Crippen MR) is 77.8 cm³/mol. The van der Waals surface area contributed by atoms with Crippen molar-refractivity contribution < 1.29 is 8.42 Å². The molecule has 1 aromatic carbocycles. The molecule has 6 nitrogen and oxygen atoms in total. The van der Waals surface area contributed by atoms with E-state index in [2.05, 4.69) is 15.4 Å². The molecule has 1 heterocycles. The number of nitrogens with two attached hydrogens (primary N) is 1. The normalized spacial score (nSPS) is 11.7. The van der Waals surface area contributed by atoms with Crippen molar-refractivity contribution in [1.82, 2.24) is 9.97 Å². The van der Waals surface area contributed by atoms with Crippen LogP contribution >= 0.6 is 11.8 Å². The van der Waals surface area contributed by atoms with Gasteiger partial charge >= 0.3 is 0 Å². The molecule has 102 valence electrons. The third kappa shape index (κ3) is 3.79. The molecular formula is C11H14N4O2S2. The van der Waals surface area contributed by atoms with Gasteiger partial charge in [-0.3, -0.25) is 5.43 Å². The zero-order valence-corrected chi connectivity index (χ0v) is 12.0. The molecule has 0 aliphatic rings. The monoisotopic (exact) mass is 298 g/mol. The van der Waals surface area contributed by atoms with Gasteiger partial charge in [0.15, 0.2) is 0 Å². The zero-order valence-electron chi connectivity index (χ0n) is 10.3. The predicted octanol–water partition coefficient (Wildman–Crippen LogP) is 1.05. The van der Waals surface area contributed by atoms with Crippen LogP contribution in [0.25, 0.3) is 10.9 Å². The third-order valence-corrected chi connectivity index (χ3v) is 4.59. The van der Waals surface area contributed by atoms with Crippen molar-refractivity contribution in [2.75, 3.05) is 23.2 Å². The number of hydrogen-bond acceptors (Lipinski definition) is 7. The van der Waals surface area contributed by atoms with Gasteiger partial charge in [-0.1, -0.05) is 18.2 Å². The van der Waals surface area contributed by atoms with Crippen LogP contribution < -0.4 is 11.3 Å². The summed E-state index contributed by atoms with van der Waals surface area (Å²) in [4.78, 5) is 8.49. The Morgan fingerprint density at radius 1 is 1.32 bits per heavy atom. The number of thioether (sulfide) groups is 1. The number of hydrogen-bond donors (Lipinski definition) is 2. The van der Waals surface area contributed by atoms with Crippen LogP contribution in [0.5, 0.6) is 0 Å². The number of anilines is 1. The number of aromatic nitrogens is 2. The number of sulfone groups is 1. The van der Waals surface area contributed by atoms with Gasteiger partial charge in [0, 0.05) is 17.4 Å². The summed E-state index contributed by atoms with van der Waals surface area (Å²) in [5, 5.41) is 1.61. The van der Waals surface area contributed by atoms with Crippen LogP contribution in [0.2, 0.25) is 0 Å². The average Bonchev–Trinajstić information content (AvgIpc) is 2.37. The average molecular weight is 298 g/mol. The van der Waals surface area contributed by atoms with Gasteiger partial charge in [-0.2, -0.15) is 0 Å². The molecule has 0 atom stereocenters. The lowest BCUT2D eigenvalue weighted by molar-refractivity contribution is 0.603. The van der Waals surface area contributed by atoms with Crippen molar-refractivity contribution >= 4 is 38.5 Å². The molecule has 19 heavy (non-hydrogen) atoms. The number of nitrogens with zero attached hydrogens (tertiary/aromatic N) is 2. The molecule has 0 spiro atoms. The highest BCUT2D eigenvalue weighted by molar-refractivity contribution is 8.00. The fraction of sp³-hybridized carbons (Fsp3) is 0.273. The first-order valence-corrected chi connectivity index (χ1v) is 8.58. The highest BCUT2D eigenvalue weighted by Gasteiger charge is 2.09. The van der Waals surface area contributed by atoms with Gasteiger partial charge in [0.2, 0.25) is 5.95 Å². The summed E-state index contributed by atoms with van der Waals surface area (Å²) in [7, 11) is -2.97. The summed E-state index contributed by atoms with van der Waals surface area (Å²) in [5.74, 6) is 6.21. The SMILES string of the molecule is CS(=O)(=O)CCSc1nc(NN)nc2ccccc12. The van der Waals surface area contributed by atoms with E-state index >= 15 is 0 Å². The number of fused-ring (bicyclic) bond motifs is 1. The van der Waals surface area contributed by atoms with Crippen molar-refractivity contribution in [3.05, 3.63) is 24.3 Å².